The highest BCUT2D eigenvalue weighted by molar-refractivity contribution is 5.97. The maximum Gasteiger partial charge on any atom is 0.230 e. The van der Waals surface area contributed by atoms with E-state index in [1.807, 2.05) is 37.3 Å². The largest absolute Gasteiger partial charge is 0.394 e. The smallest absolute Gasteiger partial charge is 0.230 e. The number of nitrogens with zero attached hydrogens (tertiary/aromatic N) is 1. The summed E-state index contributed by atoms with van der Waals surface area (Å²) >= 11 is 0. The summed E-state index contributed by atoms with van der Waals surface area (Å²) in [4.78, 5) is 13.6. The van der Waals surface area contributed by atoms with Crippen LogP contribution in [-0.4, -0.2) is 23.7 Å². The van der Waals surface area contributed by atoms with Gasteiger partial charge in [0.25, 0.3) is 0 Å². The van der Waals surface area contributed by atoms with Crippen molar-refractivity contribution < 1.29 is 9.90 Å². The van der Waals surface area contributed by atoms with Crippen molar-refractivity contribution in [2.45, 2.75) is 19.4 Å². The van der Waals surface area contributed by atoms with Crippen LogP contribution in [0.15, 0.2) is 30.3 Å². The molecule has 0 aromatic heterocycles. The molecule has 1 amide bonds. The number of hydrogen-bond acceptors (Lipinski definition) is 2. The molecule has 1 N–H and O–H groups in total. The van der Waals surface area contributed by atoms with Gasteiger partial charge in [-0.25, -0.2) is 0 Å². The minimum atomic E-state index is -0.0603. The van der Waals surface area contributed by atoms with Crippen molar-refractivity contribution in [1.82, 2.24) is 0 Å². The van der Waals surface area contributed by atoms with Crippen LogP contribution in [0.4, 0.5) is 5.69 Å². The van der Waals surface area contributed by atoms with Gasteiger partial charge in [0.2, 0.25) is 5.91 Å². The molecule has 0 radical (unpaired) electrons. The van der Waals surface area contributed by atoms with Gasteiger partial charge in [0, 0.05) is 11.6 Å². The number of para-hydroxylation sites is 1. The molecule has 2 rings (SSSR count). The fourth-order valence-electron chi connectivity index (χ4n) is 2.11. The van der Waals surface area contributed by atoms with Gasteiger partial charge in [-0.05, 0) is 18.6 Å². The van der Waals surface area contributed by atoms with Crippen LogP contribution in [0.2, 0.25) is 0 Å². The minimum Gasteiger partial charge on any atom is -0.394 e. The third kappa shape index (κ3) is 1.75. The lowest BCUT2D eigenvalue weighted by atomic mass is 10.1. The molecule has 80 valence electrons. The molecule has 1 aromatic rings. The van der Waals surface area contributed by atoms with Crippen LogP contribution in [-0.2, 0) is 4.79 Å². The highest BCUT2D eigenvalue weighted by Crippen LogP contribution is 2.29. The summed E-state index contributed by atoms with van der Waals surface area (Å²) in [5, 5.41) is 9.24. The molecule has 0 saturated carbocycles. The van der Waals surface area contributed by atoms with Gasteiger partial charge in [-0.3, -0.25) is 4.79 Å². The summed E-state index contributed by atoms with van der Waals surface area (Å²) in [5.41, 5.74) is 0.880. The molecule has 1 fully saturated rings. The molecule has 2 atom stereocenters. The Morgan fingerprint density at radius 1 is 1.40 bits per heavy atom. The first-order valence-electron chi connectivity index (χ1n) is 5.23. The molecule has 3 nitrogen and oxygen atoms in total. The zero-order valence-electron chi connectivity index (χ0n) is 8.76. The predicted octanol–water partition coefficient (Wildman–Crippen LogP) is 1.42. The standard InChI is InChI=1S/C12H15NO2/c1-9-7-11(8-14)13(12(9)15)10-5-3-2-4-6-10/h2-6,9,11,14H,7-8H2,1H3. The van der Waals surface area contributed by atoms with Gasteiger partial charge in [0.15, 0.2) is 0 Å². The summed E-state index contributed by atoms with van der Waals surface area (Å²) in [5.74, 6) is 0.127. The summed E-state index contributed by atoms with van der Waals surface area (Å²) in [7, 11) is 0. The highest BCUT2D eigenvalue weighted by atomic mass is 16.3. The lowest BCUT2D eigenvalue weighted by Crippen LogP contribution is -2.35. The normalized spacial score (nSPS) is 26.0. The van der Waals surface area contributed by atoms with Crippen LogP contribution in [0.1, 0.15) is 13.3 Å². The van der Waals surface area contributed by atoms with Crippen LogP contribution in [0.3, 0.4) is 0 Å². The van der Waals surface area contributed by atoms with Crippen molar-refractivity contribution in [3.63, 3.8) is 0 Å². The average Bonchev–Trinajstić information content (AvgIpc) is 2.56. The zero-order chi connectivity index (χ0) is 10.8. The molecule has 1 aliphatic heterocycles. The number of aliphatic hydroxyl groups is 1. The van der Waals surface area contributed by atoms with E-state index >= 15 is 0 Å². The molecule has 1 saturated heterocycles. The molecule has 1 aromatic carbocycles. The molecule has 0 spiro atoms. The Morgan fingerprint density at radius 2 is 2.07 bits per heavy atom. The number of benzene rings is 1. The molecule has 0 bridgehead atoms. The first kappa shape index (κ1) is 10.2. The summed E-state index contributed by atoms with van der Waals surface area (Å²) in [6.07, 6.45) is 0.740. The van der Waals surface area contributed by atoms with Gasteiger partial charge >= 0.3 is 0 Å². The van der Waals surface area contributed by atoms with Crippen molar-refractivity contribution in [2.24, 2.45) is 5.92 Å². The van der Waals surface area contributed by atoms with Gasteiger partial charge < -0.3 is 10.0 Å². The first-order valence-corrected chi connectivity index (χ1v) is 5.23. The third-order valence-electron chi connectivity index (χ3n) is 2.89. The lowest BCUT2D eigenvalue weighted by Gasteiger charge is -2.23. The number of carbonyl (C=O) groups excluding carboxylic acids is 1. The van der Waals surface area contributed by atoms with Crippen LogP contribution in [0.25, 0.3) is 0 Å². The van der Waals surface area contributed by atoms with Crippen molar-refractivity contribution >= 4 is 11.6 Å². The Bertz CT molecular complexity index is 350. The van der Waals surface area contributed by atoms with E-state index in [0.29, 0.717) is 0 Å². The van der Waals surface area contributed by atoms with Crippen LogP contribution in [0, 0.1) is 5.92 Å². The van der Waals surface area contributed by atoms with E-state index in [1.165, 1.54) is 0 Å². The summed E-state index contributed by atoms with van der Waals surface area (Å²) in [6.45, 7) is 1.94. The van der Waals surface area contributed by atoms with Crippen molar-refractivity contribution in [3.8, 4) is 0 Å². The quantitative estimate of drug-likeness (QED) is 0.793. The predicted molar refractivity (Wildman–Crippen MR) is 58.6 cm³/mol. The van der Waals surface area contributed by atoms with Crippen molar-refractivity contribution in [1.29, 1.82) is 0 Å². The fraction of sp³-hybridized carbons (Fsp3) is 0.417. The molecular formula is C12H15NO2. The van der Waals surface area contributed by atoms with Gasteiger partial charge in [-0.2, -0.15) is 0 Å². The van der Waals surface area contributed by atoms with Crippen LogP contribution in [0.5, 0.6) is 0 Å². The van der Waals surface area contributed by atoms with E-state index in [1.54, 1.807) is 4.90 Å². The number of carbonyl (C=O) groups is 1. The van der Waals surface area contributed by atoms with Gasteiger partial charge in [-0.15, -0.1) is 0 Å². The summed E-state index contributed by atoms with van der Waals surface area (Å²) in [6, 6.07) is 9.47. The van der Waals surface area contributed by atoms with E-state index in [-0.39, 0.29) is 24.5 Å². The van der Waals surface area contributed by atoms with Gasteiger partial charge in [0.1, 0.15) is 0 Å². The van der Waals surface area contributed by atoms with Crippen LogP contribution >= 0.6 is 0 Å². The molecular weight excluding hydrogens is 190 g/mol. The highest BCUT2D eigenvalue weighted by Gasteiger charge is 2.37. The lowest BCUT2D eigenvalue weighted by molar-refractivity contribution is -0.120. The second-order valence-corrected chi connectivity index (χ2v) is 4.02. The minimum absolute atomic E-state index is 0.0161. The fourth-order valence-corrected chi connectivity index (χ4v) is 2.11. The second-order valence-electron chi connectivity index (χ2n) is 4.02. The SMILES string of the molecule is CC1CC(CO)N(c2ccccc2)C1=O. The number of rotatable bonds is 2. The number of hydrogen-bond donors (Lipinski definition) is 1. The zero-order valence-corrected chi connectivity index (χ0v) is 8.76. The Labute approximate surface area is 89.3 Å². The molecule has 15 heavy (non-hydrogen) atoms. The molecule has 1 aliphatic rings. The Balaban J connectivity index is 2.31. The molecule has 3 heteroatoms. The monoisotopic (exact) mass is 205 g/mol. The number of amides is 1. The molecule has 2 unspecified atom stereocenters. The maximum absolute atomic E-state index is 11.9. The summed E-state index contributed by atoms with van der Waals surface area (Å²) < 4.78 is 0. The Morgan fingerprint density at radius 3 is 2.67 bits per heavy atom. The van der Waals surface area contributed by atoms with Crippen LogP contribution < -0.4 is 4.90 Å². The topological polar surface area (TPSA) is 40.5 Å². The van der Waals surface area contributed by atoms with Gasteiger partial charge in [0.05, 0.1) is 12.6 Å². The molecule has 1 heterocycles. The van der Waals surface area contributed by atoms with Gasteiger partial charge in [-0.1, -0.05) is 25.1 Å². The Kier molecular flexibility index (Phi) is 2.73. The van der Waals surface area contributed by atoms with E-state index < -0.39 is 0 Å². The number of aliphatic hydroxyl groups excluding tert-OH is 1. The average molecular weight is 205 g/mol. The second kappa shape index (κ2) is 4.03. The van der Waals surface area contributed by atoms with E-state index in [2.05, 4.69) is 0 Å². The first-order chi connectivity index (χ1) is 7.24. The Hall–Kier alpha value is -1.35. The van der Waals surface area contributed by atoms with E-state index in [0.717, 1.165) is 12.1 Å². The number of anilines is 1. The third-order valence-corrected chi connectivity index (χ3v) is 2.89. The maximum atomic E-state index is 11.9. The van der Waals surface area contributed by atoms with E-state index in [9.17, 15) is 9.90 Å². The molecule has 0 aliphatic carbocycles. The van der Waals surface area contributed by atoms with Crippen molar-refractivity contribution in [3.05, 3.63) is 30.3 Å². The van der Waals surface area contributed by atoms with E-state index in [4.69, 9.17) is 0 Å². The van der Waals surface area contributed by atoms with Crippen molar-refractivity contribution in [2.75, 3.05) is 11.5 Å².